The van der Waals surface area contributed by atoms with Gasteiger partial charge >= 0.3 is 0 Å². The van der Waals surface area contributed by atoms with Crippen LogP contribution in [0.3, 0.4) is 0 Å². The Morgan fingerprint density at radius 3 is 2.23 bits per heavy atom. The molecular weight excluding hydrogens is 443 g/mol. The molecule has 0 saturated carbocycles. The van der Waals surface area contributed by atoms with E-state index in [0.717, 1.165) is 5.56 Å². The summed E-state index contributed by atoms with van der Waals surface area (Å²) in [5, 5.41) is 2.77. The monoisotopic (exact) mass is 462 g/mol. The van der Waals surface area contributed by atoms with Crippen molar-refractivity contribution in [2.75, 3.05) is 16.2 Å². The minimum absolute atomic E-state index is 0.0204. The van der Waals surface area contributed by atoms with Crippen LogP contribution in [0.1, 0.15) is 22.8 Å². The molecule has 5 nitrogen and oxygen atoms in total. The number of halogens is 2. The molecule has 3 rings (SSSR count). The molecule has 0 atom stereocenters. The number of hydrogen-bond donors (Lipinski definition) is 1. The lowest BCUT2D eigenvalue weighted by molar-refractivity contribution is 0.102. The predicted molar refractivity (Wildman–Crippen MR) is 122 cm³/mol. The van der Waals surface area contributed by atoms with Gasteiger partial charge in [-0.3, -0.25) is 9.10 Å². The Balaban J connectivity index is 2.04. The molecule has 0 aliphatic heterocycles. The molecule has 30 heavy (non-hydrogen) atoms. The van der Waals surface area contributed by atoms with E-state index in [1.807, 2.05) is 19.1 Å². The maximum atomic E-state index is 13.3. The summed E-state index contributed by atoms with van der Waals surface area (Å²) in [7, 11) is -4.03. The average Bonchev–Trinajstić information content (AvgIpc) is 2.70. The van der Waals surface area contributed by atoms with Crippen molar-refractivity contribution >= 4 is 50.5 Å². The average molecular weight is 463 g/mol. The van der Waals surface area contributed by atoms with E-state index in [-0.39, 0.29) is 27.0 Å². The highest BCUT2D eigenvalue weighted by atomic mass is 35.5. The van der Waals surface area contributed by atoms with Crippen LogP contribution in [0.15, 0.2) is 71.6 Å². The molecule has 8 heteroatoms. The van der Waals surface area contributed by atoms with Crippen LogP contribution in [-0.4, -0.2) is 20.9 Å². The summed E-state index contributed by atoms with van der Waals surface area (Å²) < 4.78 is 27.9. The second-order valence-electron chi connectivity index (χ2n) is 6.54. The second kappa shape index (κ2) is 9.08. The fourth-order valence-electron chi connectivity index (χ4n) is 3.01. The first-order chi connectivity index (χ1) is 14.3. The number of nitrogens with one attached hydrogen (secondary N) is 1. The third kappa shape index (κ3) is 4.46. The summed E-state index contributed by atoms with van der Waals surface area (Å²) >= 11 is 12.5. The van der Waals surface area contributed by atoms with Crippen molar-refractivity contribution < 1.29 is 13.2 Å². The van der Waals surface area contributed by atoms with Crippen LogP contribution in [0.4, 0.5) is 11.4 Å². The van der Waals surface area contributed by atoms with Gasteiger partial charge in [-0.05, 0) is 49.7 Å². The molecule has 0 aliphatic carbocycles. The van der Waals surface area contributed by atoms with Gasteiger partial charge in [0.2, 0.25) is 0 Å². The molecule has 0 saturated heterocycles. The van der Waals surface area contributed by atoms with Crippen molar-refractivity contribution in [3.63, 3.8) is 0 Å². The van der Waals surface area contributed by atoms with Crippen molar-refractivity contribution in [3.8, 4) is 0 Å². The van der Waals surface area contributed by atoms with E-state index < -0.39 is 15.9 Å². The predicted octanol–water partition coefficient (Wildman–Crippen LogP) is 5.77. The minimum Gasteiger partial charge on any atom is -0.322 e. The molecule has 3 aromatic carbocycles. The van der Waals surface area contributed by atoms with Gasteiger partial charge in [0, 0.05) is 12.2 Å². The molecular formula is C22H20Cl2N2O3S. The lowest BCUT2D eigenvalue weighted by Gasteiger charge is -2.24. The van der Waals surface area contributed by atoms with Crippen LogP contribution < -0.4 is 9.62 Å². The molecule has 0 radical (unpaired) electrons. The topological polar surface area (TPSA) is 66.5 Å². The zero-order valence-corrected chi connectivity index (χ0v) is 18.7. The van der Waals surface area contributed by atoms with Gasteiger partial charge in [0.25, 0.3) is 15.9 Å². The molecule has 3 aromatic rings. The fraction of sp³-hybridized carbons (Fsp3) is 0.136. The summed E-state index contributed by atoms with van der Waals surface area (Å²) in [4.78, 5) is 12.7. The lowest BCUT2D eigenvalue weighted by Crippen LogP contribution is -2.31. The van der Waals surface area contributed by atoms with Crippen molar-refractivity contribution in [1.82, 2.24) is 0 Å². The fourth-order valence-corrected chi connectivity index (χ4v) is 5.32. The smallest absolute Gasteiger partial charge is 0.265 e. The van der Waals surface area contributed by atoms with Gasteiger partial charge in [0.1, 0.15) is 4.90 Å². The first-order valence-electron chi connectivity index (χ1n) is 9.19. The molecule has 0 fully saturated rings. The van der Waals surface area contributed by atoms with Crippen molar-refractivity contribution in [2.24, 2.45) is 0 Å². The number of rotatable bonds is 6. The van der Waals surface area contributed by atoms with Gasteiger partial charge in [-0.2, -0.15) is 0 Å². The maximum Gasteiger partial charge on any atom is 0.265 e. The van der Waals surface area contributed by atoms with E-state index in [1.165, 1.54) is 16.4 Å². The molecule has 0 heterocycles. The minimum atomic E-state index is -4.03. The molecule has 0 spiro atoms. The zero-order valence-electron chi connectivity index (χ0n) is 16.4. The summed E-state index contributed by atoms with van der Waals surface area (Å²) in [6.07, 6.45) is 0. The highest BCUT2D eigenvalue weighted by molar-refractivity contribution is 7.93. The van der Waals surface area contributed by atoms with Crippen LogP contribution in [0.25, 0.3) is 0 Å². The Bertz CT molecular complexity index is 1180. The Hall–Kier alpha value is -2.54. The van der Waals surface area contributed by atoms with E-state index in [9.17, 15) is 13.2 Å². The molecule has 1 amide bonds. The number of hydrogen-bond acceptors (Lipinski definition) is 3. The standard InChI is InChI=1S/C22H20Cl2N2O3S/c1-3-26(16-10-5-4-6-11-16)30(28,29)21-13-17(18(23)14-19(21)24)22(27)25-20-12-8-7-9-15(20)2/h4-14H,3H2,1-2H3,(H,25,27). The zero-order chi connectivity index (χ0) is 21.9. The maximum absolute atomic E-state index is 13.3. The summed E-state index contributed by atoms with van der Waals surface area (Å²) in [6, 6.07) is 18.4. The Morgan fingerprint density at radius 2 is 1.60 bits per heavy atom. The highest BCUT2D eigenvalue weighted by Crippen LogP contribution is 2.33. The number of benzene rings is 3. The van der Waals surface area contributed by atoms with Crippen molar-refractivity contribution in [1.29, 1.82) is 0 Å². The normalized spacial score (nSPS) is 11.2. The second-order valence-corrected chi connectivity index (χ2v) is 9.18. The molecule has 0 bridgehead atoms. The Kier molecular flexibility index (Phi) is 6.71. The van der Waals surface area contributed by atoms with E-state index in [1.54, 1.807) is 49.4 Å². The van der Waals surface area contributed by atoms with Crippen LogP contribution in [0.5, 0.6) is 0 Å². The van der Waals surface area contributed by atoms with Gasteiger partial charge in [-0.15, -0.1) is 0 Å². The number of sulfonamides is 1. The number of carbonyl (C=O) groups excluding carboxylic acids is 1. The summed E-state index contributed by atoms with van der Waals surface area (Å²) in [6.45, 7) is 3.77. The quantitative estimate of drug-likeness (QED) is 0.505. The number of para-hydroxylation sites is 2. The van der Waals surface area contributed by atoms with Crippen LogP contribution in [0.2, 0.25) is 10.0 Å². The summed E-state index contributed by atoms with van der Waals surface area (Å²) in [5.41, 5.74) is 1.99. The van der Waals surface area contributed by atoms with Crippen molar-refractivity contribution in [3.05, 3.63) is 87.9 Å². The van der Waals surface area contributed by atoms with Gasteiger partial charge in [-0.1, -0.05) is 59.6 Å². The van der Waals surface area contributed by atoms with E-state index in [0.29, 0.717) is 11.4 Å². The molecule has 0 aliphatic rings. The van der Waals surface area contributed by atoms with Crippen molar-refractivity contribution in [2.45, 2.75) is 18.7 Å². The molecule has 0 aromatic heterocycles. The summed E-state index contributed by atoms with van der Waals surface area (Å²) in [5.74, 6) is -0.523. The van der Waals surface area contributed by atoms with Gasteiger partial charge in [0.05, 0.1) is 21.3 Å². The Morgan fingerprint density at radius 1 is 0.967 bits per heavy atom. The van der Waals surface area contributed by atoms with Crippen LogP contribution in [0, 0.1) is 6.92 Å². The largest absolute Gasteiger partial charge is 0.322 e. The number of nitrogens with zero attached hydrogens (tertiary/aromatic N) is 1. The number of aryl methyl sites for hydroxylation is 1. The first kappa shape index (κ1) is 22.2. The van der Waals surface area contributed by atoms with Crippen LogP contribution in [-0.2, 0) is 10.0 Å². The molecule has 0 unspecified atom stereocenters. The third-order valence-corrected chi connectivity index (χ3v) is 7.24. The molecule has 156 valence electrons. The van der Waals surface area contributed by atoms with Gasteiger partial charge < -0.3 is 5.32 Å². The number of amides is 1. The lowest BCUT2D eigenvalue weighted by atomic mass is 10.1. The Labute approximate surface area is 186 Å². The number of carbonyl (C=O) groups is 1. The highest BCUT2D eigenvalue weighted by Gasteiger charge is 2.28. The van der Waals surface area contributed by atoms with Crippen LogP contribution >= 0.6 is 23.2 Å². The molecule has 1 N–H and O–H groups in total. The van der Waals surface area contributed by atoms with E-state index in [2.05, 4.69) is 5.32 Å². The first-order valence-corrected chi connectivity index (χ1v) is 11.4. The number of anilines is 2. The van der Waals surface area contributed by atoms with E-state index >= 15 is 0 Å². The van der Waals surface area contributed by atoms with Gasteiger partial charge in [0.15, 0.2) is 0 Å². The van der Waals surface area contributed by atoms with Gasteiger partial charge in [-0.25, -0.2) is 8.42 Å². The SMILES string of the molecule is CCN(c1ccccc1)S(=O)(=O)c1cc(C(=O)Nc2ccccc2C)c(Cl)cc1Cl. The van der Waals surface area contributed by atoms with E-state index in [4.69, 9.17) is 23.2 Å². The third-order valence-electron chi connectivity index (χ3n) is 4.56.